The largest absolute Gasteiger partial charge is 0.395 e. The van der Waals surface area contributed by atoms with E-state index in [1.807, 2.05) is 7.05 Å². The average Bonchev–Trinajstić information content (AvgIpc) is 2.23. The van der Waals surface area contributed by atoms with Crippen LogP contribution in [0.2, 0.25) is 0 Å². The highest BCUT2D eigenvalue weighted by molar-refractivity contribution is 5.83. The van der Waals surface area contributed by atoms with Gasteiger partial charge in [-0.15, -0.1) is 0 Å². The standard InChI is InChI=1S/C16H27NO2/c1-14-6-12-7-15(2,9-14)11-16(8-12,10-14)13(19)17(3)4-5-18/h12,18H,4-11H2,1-3H3/t12?,14-,15+,16?. The Morgan fingerprint density at radius 3 is 2.21 bits per heavy atom. The zero-order valence-electron chi connectivity index (χ0n) is 12.5. The van der Waals surface area contributed by atoms with E-state index in [4.69, 9.17) is 5.11 Å². The van der Waals surface area contributed by atoms with Gasteiger partial charge in [0.25, 0.3) is 0 Å². The Kier molecular flexibility index (Phi) is 2.80. The molecule has 4 aliphatic carbocycles. The lowest BCUT2D eigenvalue weighted by atomic mass is 9.40. The molecule has 4 bridgehead atoms. The van der Waals surface area contributed by atoms with Crippen LogP contribution in [-0.4, -0.2) is 36.1 Å². The fraction of sp³-hybridized carbons (Fsp3) is 0.938. The first-order chi connectivity index (χ1) is 8.80. The summed E-state index contributed by atoms with van der Waals surface area (Å²) in [4.78, 5) is 14.6. The second-order valence-corrected chi connectivity index (χ2v) is 8.36. The second kappa shape index (κ2) is 3.97. The molecule has 0 aromatic carbocycles. The Bertz CT molecular complexity index is 388. The van der Waals surface area contributed by atoms with Gasteiger partial charge in [0.2, 0.25) is 5.91 Å². The Morgan fingerprint density at radius 2 is 1.74 bits per heavy atom. The molecule has 1 amide bonds. The number of carbonyl (C=O) groups is 1. The van der Waals surface area contributed by atoms with Crippen LogP contribution >= 0.6 is 0 Å². The highest BCUT2D eigenvalue weighted by atomic mass is 16.3. The number of aliphatic hydroxyl groups excluding tert-OH is 1. The number of hydrogen-bond donors (Lipinski definition) is 1. The van der Waals surface area contributed by atoms with Gasteiger partial charge >= 0.3 is 0 Å². The summed E-state index contributed by atoms with van der Waals surface area (Å²) in [5.41, 5.74) is 0.639. The summed E-state index contributed by atoms with van der Waals surface area (Å²) in [6.07, 6.45) is 7.17. The number of rotatable bonds is 3. The maximum Gasteiger partial charge on any atom is 0.228 e. The van der Waals surface area contributed by atoms with Gasteiger partial charge in [-0.05, 0) is 55.3 Å². The molecule has 0 aromatic heterocycles. The zero-order valence-corrected chi connectivity index (χ0v) is 12.5. The molecule has 108 valence electrons. The zero-order chi connectivity index (χ0) is 13.9. The minimum Gasteiger partial charge on any atom is -0.395 e. The van der Waals surface area contributed by atoms with Gasteiger partial charge in [-0.25, -0.2) is 0 Å². The molecule has 4 fully saturated rings. The van der Waals surface area contributed by atoms with Crippen LogP contribution in [0.4, 0.5) is 0 Å². The Balaban J connectivity index is 1.90. The summed E-state index contributed by atoms with van der Waals surface area (Å²) in [5, 5.41) is 9.07. The first-order valence-electron chi connectivity index (χ1n) is 7.66. The third-order valence-corrected chi connectivity index (χ3v) is 5.86. The molecule has 0 saturated heterocycles. The Morgan fingerprint density at radius 1 is 1.16 bits per heavy atom. The SMILES string of the molecule is CN(CCO)C(=O)C12CC3C[C@@](C)(C1)C[C@](C)(C3)C2. The van der Waals surface area contributed by atoms with Crippen molar-refractivity contribution in [3.8, 4) is 0 Å². The molecule has 4 saturated carbocycles. The summed E-state index contributed by atoms with van der Waals surface area (Å²) in [6, 6.07) is 0. The van der Waals surface area contributed by atoms with E-state index in [0.717, 1.165) is 25.2 Å². The van der Waals surface area contributed by atoms with E-state index in [1.54, 1.807) is 4.90 Å². The van der Waals surface area contributed by atoms with E-state index < -0.39 is 0 Å². The highest BCUT2D eigenvalue weighted by Gasteiger charge is 2.63. The monoisotopic (exact) mass is 265 g/mol. The molecule has 0 heterocycles. The van der Waals surface area contributed by atoms with Crippen molar-refractivity contribution in [2.45, 2.75) is 52.4 Å². The minimum absolute atomic E-state index is 0.0658. The number of nitrogens with zero attached hydrogens (tertiary/aromatic N) is 1. The molecule has 0 radical (unpaired) electrons. The number of carbonyl (C=O) groups excluding carboxylic acids is 1. The third-order valence-electron chi connectivity index (χ3n) is 5.86. The molecular formula is C16H27NO2. The van der Waals surface area contributed by atoms with Crippen LogP contribution in [0, 0.1) is 22.2 Å². The predicted octanol–water partition coefficient (Wildman–Crippen LogP) is 2.43. The maximum atomic E-state index is 12.9. The molecular weight excluding hydrogens is 238 g/mol. The molecule has 3 heteroatoms. The molecule has 0 aliphatic heterocycles. The lowest BCUT2D eigenvalue weighted by Gasteiger charge is -2.65. The van der Waals surface area contributed by atoms with Gasteiger partial charge in [-0.3, -0.25) is 4.79 Å². The minimum atomic E-state index is -0.118. The van der Waals surface area contributed by atoms with Crippen LogP contribution in [0.1, 0.15) is 52.4 Å². The van der Waals surface area contributed by atoms with Crippen molar-refractivity contribution in [1.82, 2.24) is 4.90 Å². The quantitative estimate of drug-likeness (QED) is 0.851. The van der Waals surface area contributed by atoms with Crippen molar-refractivity contribution in [3.05, 3.63) is 0 Å². The maximum absolute atomic E-state index is 12.9. The van der Waals surface area contributed by atoms with Crippen LogP contribution < -0.4 is 0 Å². The van der Waals surface area contributed by atoms with Gasteiger partial charge in [0.05, 0.1) is 12.0 Å². The smallest absolute Gasteiger partial charge is 0.228 e. The van der Waals surface area contributed by atoms with Gasteiger partial charge in [0.15, 0.2) is 0 Å². The van der Waals surface area contributed by atoms with E-state index in [0.29, 0.717) is 23.3 Å². The van der Waals surface area contributed by atoms with E-state index in [-0.39, 0.29) is 12.0 Å². The molecule has 4 aliphatic rings. The lowest BCUT2D eigenvalue weighted by molar-refractivity contribution is -0.178. The Hall–Kier alpha value is -0.570. The molecule has 3 nitrogen and oxygen atoms in total. The van der Waals surface area contributed by atoms with Crippen molar-refractivity contribution in [2.24, 2.45) is 22.2 Å². The summed E-state index contributed by atoms with van der Waals surface area (Å²) in [7, 11) is 1.85. The van der Waals surface area contributed by atoms with Gasteiger partial charge in [0, 0.05) is 13.6 Å². The second-order valence-electron chi connectivity index (χ2n) is 8.36. The van der Waals surface area contributed by atoms with Crippen molar-refractivity contribution in [1.29, 1.82) is 0 Å². The number of likely N-dealkylation sites (N-methyl/N-ethyl adjacent to an activating group) is 1. The van der Waals surface area contributed by atoms with Crippen molar-refractivity contribution in [2.75, 3.05) is 20.2 Å². The van der Waals surface area contributed by atoms with Crippen molar-refractivity contribution < 1.29 is 9.90 Å². The van der Waals surface area contributed by atoms with E-state index >= 15 is 0 Å². The van der Waals surface area contributed by atoms with E-state index in [1.165, 1.54) is 19.3 Å². The van der Waals surface area contributed by atoms with Crippen LogP contribution in [0.15, 0.2) is 0 Å². The summed E-state index contributed by atoms with van der Waals surface area (Å²) >= 11 is 0. The first kappa shape index (κ1) is 13.4. The topological polar surface area (TPSA) is 40.5 Å². The van der Waals surface area contributed by atoms with Gasteiger partial charge in [-0.1, -0.05) is 13.8 Å². The van der Waals surface area contributed by atoms with Gasteiger partial charge < -0.3 is 10.0 Å². The highest BCUT2D eigenvalue weighted by Crippen LogP contribution is 2.69. The van der Waals surface area contributed by atoms with E-state index in [9.17, 15) is 4.79 Å². The van der Waals surface area contributed by atoms with Crippen LogP contribution in [0.3, 0.4) is 0 Å². The van der Waals surface area contributed by atoms with E-state index in [2.05, 4.69) is 13.8 Å². The predicted molar refractivity (Wildman–Crippen MR) is 74.6 cm³/mol. The molecule has 0 spiro atoms. The fourth-order valence-corrected chi connectivity index (χ4v) is 6.34. The number of aliphatic hydroxyl groups is 1. The van der Waals surface area contributed by atoms with Gasteiger partial charge in [-0.2, -0.15) is 0 Å². The molecule has 0 aromatic rings. The normalized spacial score (nSPS) is 47.5. The number of hydrogen-bond acceptors (Lipinski definition) is 2. The fourth-order valence-electron chi connectivity index (χ4n) is 6.34. The van der Waals surface area contributed by atoms with Crippen LogP contribution in [0.5, 0.6) is 0 Å². The summed E-state index contributed by atoms with van der Waals surface area (Å²) in [5.74, 6) is 1.04. The van der Waals surface area contributed by atoms with Crippen molar-refractivity contribution in [3.63, 3.8) is 0 Å². The third kappa shape index (κ3) is 2.01. The Labute approximate surface area is 116 Å². The molecule has 4 atom stereocenters. The molecule has 1 N–H and O–H groups in total. The summed E-state index contributed by atoms with van der Waals surface area (Å²) in [6.45, 7) is 5.32. The molecule has 4 rings (SSSR count). The first-order valence-corrected chi connectivity index (χ1v) is 7.66. The molecule has 2 unspecified atom stereocenters. The van der Waals surface area contributed by atoms with Crippen LogP contribution in [0.25, 0.3) is 0 Å². The van der Waals surface area contributed by atoms with Crippen LogP contribution in [-0.2, 0) is 4.79 Å². The summed E-state index contributed by atoms with van der Waals surface area (Å²) < 4.78 is 0. The average molecular weight is 265 g/mol. The van der Waals surface area contributed by atoms with Crippen molar-refractivity contribution >= 4 is 5.91 Å². The molecule has 19 heavy (non-hydrogen) atoms. The number of amides is 1. The van der Waals surface area contributed by atoms with Gasteiger partial charge in [0.1, 0.15) is 0 Å². The lowest BCUT2D eigenvalue weighted by Crippen LogP contribution is -2.60.